The van der Waals surface area contributed by atoms with Crippen LogP contribution in [0, 0.1) is 5.92 Å². The third-order valence-corrected chi connectivity index (χ3v) is 6.67. The number of thiazole rings is 1. The Labute approximate surface area is 180 Å². The minimum Gasteiger partial charge on any atom is -0.379 e. The van der Waals surface area contributed by atoms with E-state index >= 15 is 0 Å². The lowest BCUT2D eigenvalue weighted by atomic mass is 9.98. The van der Waals surface area contributed by atoms with Gasteiger partial charge in [-0.3, -0.25) is 14.5 Å². The average molecular weight is 427 g/mol. The summed E-state index contributed by atoms with van der Waals surface area (Å²) in [6.45, 7) is 4.10. The summed E-state index contributed by atoms with van der Waals surface area (Å²) in [5.41, 5.74) is 4.14. The van der Waals surface area contributed by atoms with E-state index < -0.39 is 0 Å². The highest BCUT2D eigenvalue weighted by Crippen LogP contribution is 2.37. The van der Waals surface area contributed by atoms with Gasteiger partial charge < -0.3 is 15.0 Å². The molecule has 1 N–H and O–H groups in total. The van der Waals surface area contributed by atoms with E-state index in [0.717, 1.165) is 62.3 Å². The number of benzene rings is 1. The molecule has 0 atom stereocenters. The molecule has 1 saturated heterocycles. The highest BCUT2D eigenvalue weighted by molar-refractivity contribution is 7.14. The fourth-order valence-corrected chi connectivity index (χ4v) is 4.86. The standard InChI is InChI=1S/C22H26N4O3S/c27-20(13-25-8-10-29-11-9-25)24-22-23-18(14-30-22)16-5-6-19-17(12-16)2-1-7-26(19)21(28)15-3-4-15/h5-6,12,14-15H,1-4,7-11,13H2,(H,23,24,27). The Hall–Kier alpha value is -2.29. The van der Waals surface area contributed by atoms with E-state index in [-0.39, 0.29) is 17.7 Å². The van der Waals surface area contributed by atoms with E-state index in [1.165, 1.54) is 16.9 Å². The number of nitrogens with one attached hydrogen (secondary N) is 1. The number of aromatic nitrogens is 1. The second-order valence-electron chi connectivity index (χ2n) is 8.19. The zero-order chi connectivity index (χ0) is 20.5. The molecule has 2 aromatic rings. The number of anilines is 2. The first-order valence-corrected chi connectivity index (χ1v) is 11.6. The minimum absolute atomic E-state index is 0.0440. The van der Waals surface area contributed by atoms with Crippen molar-refractivity contribution in [3.05, 3.63) is 29.1 Å². The van der Waals surface area contributed by atoms with Crippen LogP contribution in [0.15, 0.2) is 23.6 Å². The lowest BCUT2D eigenvalue weighted by Crippen LogP contribution is -2.41. The lowest BCUT2D eigenvalue weighted by Gasteiger charge is -2.30. The van der Waals surface area contributed by atoms with Gasteiger partial charge in [0.2, 0.25) is 11.8 Å². The molecule has 1 aromatic heterocycles. The van der Waals surface area contributed by atoms with Crippen LogP contribution in [0.4, 0.5) is 10.8 Å². The average Bonchev–Trinajstić information content (AvgIpc) is 3.52. The summed E-state index contributed by atoms with van der Waals surface area (Å²) in [4.78, 5) is 33.6. The molecule has 158 valence electrons. The van der Waals surface area contributed by atoms with Crippen molar-refractivity contribution in [3.8, 4) is 11.3 Å². The van der Waals surface area contributed by atoms with Gasteiger partial charge in [0.25, 0.3) is 0 Å². The Morgan fingerprint density at radius 2 is 2.03 bits per heavy atom. The first-order chi connectivity index (χ1) is 14.7. The van der Waals surface area contributed by atoms with Crippen molar-refractivity contribution in [2.24, 2.45) is 5.92 Å². The molecule has 3 aliphatic rings. The molecule has 1 aromatic carbocycles. The lowest BCUT2D eigenvalue weighted by molar-refractivity contribution is -0.120. The molecule has 30 heavy (non-hydrogen) atoms. The summed E-state index contributed by atoms with van der Waals surface area (Å²) < 4.78 is 5.32. The maximum absolute atomic E-state index is 12.6. The molecule has 2 amide bonds. The first-order valence-electron chi connectivity index (χ1n) is 10.7. The number of amides is 2. The van der Waals surface area contributed by atoms with E-state index in [1.807, 2.05) is 16.3 Å². The summed E-state index contributed by atoms with van der Waals surface area (Å²) >= 11 is 1.44. The van der Waals surface area contributed by atoms with E-state index in [0.29, 0.717) is 24.9 Å². The topological polar surface area (TPSA) is 74.8 Å². The Morgan fingerprint density at radius 3 is 2.83 bits per heavy atom. The van der Waals surface area contributed by atoms with Crippen LogP contribution in [0.2, 0.25) is 0 Å². The van der Waals surface area contributed by atoms with Gasteiger partial charge in [-0.05, 0) is 43.4 Å². The molecule has 3 heterocycles. The normalized spacial score (nSPS) is 19.4. The highest BCUT2D eigenvalue weighted by Gasteiger charge is 2.35. The van der Waals surface area contributed by atoms with Crippen molar-refractivity contribution in [3.63, 3.8) is 0 Å². The smallest absolute Gasteiger partial charge is 0.240 e. The summed E-state index contributed by atoms with van der Waals surface area (Å²) in [7, 11) is 0. The quantitative estimate of drug-likeness (QED) is 0.796. The molecule has 0 unspecified atom stereocenters. The third-order valence-electron chi connectivity index (χ3n) is 5.91. The Bertz CT molecular complexity index is 950. The molecule has 8 heteroatoms. The molecule has 2 fully saturated rings. The van der Waals surface area contributed by atoms with Gasteiger partial charge in [-0.25, -0.2) is 4.98 Å². The zero-order valence-corrected chi connectivity index (χ0v) is 17.7. The van der Waals surface area contributed by atoms with Gasteiger partial charge in [0, 0.05) is 42.2 Å². The Morgan fingerprint density at radius 1 is 1.20 bits per heavy atom. The van der Waals surface area contributed by atoms with E-state index in [2.05, 4.69) is 27.3 Å². The fraction of sp³-hybridized carbons (Fsp3) is 0.500. The van der Waals surface area contributed by atoms with Gasteiger partial charge in [0.15, 0.2) is 5.13 Å². The molecule has 1 saturated carbocycles. The maximum Gasteiger partial charge on any atom is 0.240 e. The second-order valence-corrected chi connectivity index (χ2v) is 9.04. The third kappa shape index (κ3) is 4.26. The summed E-state index contributed by atoms with van der Waals surface area (Å²) in [5.74, 6) is 0.470. The van der Waals surface area contributed by atoms with Crippen molar-refractivity contribution >= 4 is 34.0 Å². The SMILES string of the molecule is O=C(CN1CCOCC1)Nc1nc(-c2ccc3c(c2)CCCN3C(=O)C2CC2)cs1. The van der Waals surface area contributed by atoms with Gasteiger partial charge in [-0.1, -0.05) is 6.07 Å². The minimum atomic E-state index is -0.0440. The van der Waals surface area contributed by atoms with Gasteiger partial charge in [-0.2, -0.15) is 0 Å². The molecule has 0 spiro atoms. The van der Waals surface area contributed by atoms with E-state index in [9.17, 15) is 9.59 Å². The summed E-state index contributed by atoms with van der Waals surface area (Å²) in [5, 5.41) is 5.51. The van der Waals surface area contributed by atoms with Crippen LogP contribution in [0.1, 0.15) is 24.8 Å². The van der Waals surface area contributed by atoms with Crippen molar-refractivity contribution in [2.75, 3.05) is 49.6 Å². The van der Waals surface area contributed by atoms with Crippen LogP contribution in [-0.2, 0) is 20.7 Å². The molecular formula is C22H26N4O3S. The molecule has 2 aliphatic heterocycles. The highest BCUT2D eigenvalue weighted by atomic mass is 32.1. The van der Waals surface area contributed by atoms with Crippen LogP contribution >= 0.6 is 11.3 Å². The number of fused-ring (bicyclic) bond motifs is 1. The number of hydrogen-bond acceptors (Lipinski definition) is 6. The van der Waals surface area contributed by atoms with E-state index in [4.69, 9.17) is 4.74 Å². The molecule has 7 nitrogen and oxygen atoms in total. The van der Waals surface area contributed by atoms with Crippen LogP contribution in [-0.4, -0.2) is 61.1 Å². The number of hydrogen-bond donors (Lipinski definition) is 1. The van der Waals surface area contributed by atoms with Gasteiger partial charge in [0.05, 0.1) is 25.5 Å². The van der Waals surface area contributed by atoms with Crippen molar-refractivity contribution < 1.29 is 14.3 Å². The predicted molar refractivity (Wildman–Crippen MR) is 117 cm³/mol. The molecule has 5 rings (SSSR count). The number of carbonyl (C=O) groups excluding carboxylic acids is 2. The number of ether oxygens (including phenoxy) is 1. The first kappa shape index (κ1) is 19.7. The largest absolute Gasteiger partial charge is 0.379 e. The number of aryl methyl sites for hydroxylation is 1. The van der Waals surface area contributed by atoms with E-state index in [1.54, 1.807) is 0 Å². The molecule has 0 bridgehead atoms. The monoisotopic (exact) mass is 426 g/mol. The van der Waals surface area contributed by atoms with Gasteiger partial charge in [-0.15, -0.1) is 11.3 Å². The Kier molecular flexibility index (Phi) is 5.54. The van der Waals surface area contributed by atoms with Gasteiger partial charge in [0.1, 0.15) is 0 Å². The van der Waals surface area contributed by atoms with Crippen LogP contribution in [0.5, 0.6) is 0 Å². The summed E-state index contributed by atoms with van der Waals surface area (Å²) in [6.07, 6.45) is 4.03. The van der Waals surface area contributed by atoms with Crippen LogP contribution in [0.3, 0.4) is 0 Å². The fourth-order valence-electron chi connectivity index (χ4n) is 4.12. The second kappa shape index (κ2) is 8.45. The van der Waals surface area contributed by atoms with Crippen molar-refractivity contribution in [2.45, 2.75) is 25.7 Å². The molecule has 1 aliphatic carbocycles. The maximum atomic E-state index is 12.6. The number of nitrogens with zero attached hydrogens (tertiary/aromatic N) is 3. The Balaban J connectivity index is 1.27. The summed E-state index contributed by atoms with van der Waals surface area (Å²) in [6, 6.07) is 6.24. The number of rotatable bonds is 5. The molecule has 0 radical (unpaired) electrons. The number of morpholine rings is 1. The van der Waals surface area contributed by atoms with Crippen molar-refractivity contribution in [1.29, 1.82) is 0 Å². The van der Waals surface area contributed by atoms with Crippen LogP contribution in [0.25, 0.3) is 11.3 Å². The molecular weight excluding hydrogens is 400 g/mol. The predicted octanol–water partition coefficient (Wildman–Crippen LogP) is 2.77. The van der Waals surface area contributed by atoms with Crippen molar-refractivity contribution in [1.82, 2.24) is 9.88 Å². The van der Waals surface area contributed by atoms with Gasteiger partial charge >= 0.3 is 0 Å². The zero-order valence-electron chi connectivity index (χ0n) is 16.9. The van der Waals surface area contributed by atoms with Crippen LogP contribution < -0.4 is 10.2 Å². The number of carbonyl (C=O) groups is 2.